The highest BCUT2D eigenvalue weighted by molar-refractivity contribution is 5.92. The third kappa shape index (κ3) is 4.03. The fraction of sp³-hybridized carbons (Fsp3) is 0.121. The number of nitrogens with zero attached hydrogens (tertiary/aromatic N) is 2. The lowest BCUT2D eigenvalue weighted by Crippen LogP contribution is -2.37. The lowest BCUT2D eigenvalue weighted by molar-refractivity contribution is 0.554. The van der Waals surface area contributed by atoms with E-state index in [1.807, 2.05) is 36.4 Å². The van der Waals surface area contributed by atoms with Gasteiger partial charge in [0.2, 0.25) is 5.89 Å². The van der Waals surface area contributed by atoms with Crippen molar-refractivity contribution in [3.63, 3.8) is 0 Å². The third-order valence-electron chi connectivity index (χ3n) is 6.53. The summed E-state index contributed by atoms with van der Waals surface area (Å²) in [6.45, 7) is 6.66. The molecule has 6 rings (SSSR count). The Morgan fingerprint density at radius 2 is 1.31 bits per heavy atom. The van der Waals surface area contributed by atoms with Gasteiger partial charge >= 0.3 is 0 Å². The molecule has 0 spiro atoms. The average molecular weight is 469 g/mol. The van der Waals surface area contributed by atoms with Gasteiger partial charge in [-0.25, -0.2) is 4.98 Å². The zero-order valence-electron chi connectivity index (χ0n) is 20.8. The Morgan fingerprint density at radius 1 is 0.611 bits per heavy atom. The monoisotopic (exact) mass is 468 g/mol. The Hall–Kier alpha value is -4.37. The second kappa shape index (κ2) is 8.69. The van der Waals surface area contributed by atoms with Crippen LogP contribution in [0.25, 0.3) is 44.5 Å². The fourth-order valence-corrected chi connectivity index (χ4v) is 4.87. The average Bonchev–Trinajstić information content (AvgIpc) is 3.34. The Labute approximate surface area is 211 Å². The first-order valence-corrected chi connectivity index (χ1v) is 12.3. The van der Waals surface area contributed by atoms with Crippen LogP contribution in [0.3, 0.4) is 0 Å². The van der Waals surface area contributed by atoms with E-state index >= 15 is 0 Å². The lowest BCUT2D eigenvalue weighted by atomic mass is 9.99. The van der Waals surface area contributed by atoms with E-state index in [-0.39, 0.29) is 5.54 Å². The van der Waals surface area contributed by atoms with Crippen LogP contribution in [0, 0.1) is 0 Å². The van der Waals surface area contributed by atoms with Crippen LogP contribution < -0.4 is 4.90 Å². The molecule has 0 saturated heterocycles. The highest BCUT2D eigenvalue weighted by Gasteiger charge is 2.27. The van der Waals surface area contributed by atoms with Crippen molar-refractivity contribution in [2.75, 3.05) is 4.90 Å². The van der Waals surface area contributed by atoms with Gasteiger partial charge in [-0.1, -0.05) is 72.8 Å². The minimum atomic E-state index is -0.182. The molecule has 5 aromatic carbocycles. The number of oxazole rings is 1. The first-order chi connectivity index (χ1) is 17.5. The molecule has 0 atom stereocenters. The maximum Gasteiger partial charge on any atom is 0.227 e. The number of hydrogen-bond acceptors (Lipinski definition) is 3. The van der Waals surface area contributed by atoms with Gasteiger partial charge in [0.1, 0.15) is 5.52 Å². The van der Waals surface area contributed by atoms with Crippen LogP contribution in [-0.2, 0) is 0 Å². The Balaban J connectivity index is 1.42. The molecule has 0 saturated carbocycles. The van der Waals surface area contributed by atoms with E-state index < -0.39 is 0 Å². The van der Waals surface area contributed by atoms with Crippen molar-refractivity contribution >= 4 is 33.2 Å². The van der Waals surface area contributed by atoms with Crippen LogP contribution in [0.1, 0.15) is 20.8 Å². The van der Waals surface area contributed by atoms with Crippen molar-refractivity contribution in [2.24, 2.45) is 0 Å². The predicted octanol–water partition coefficient (Wildman–Crippen LogP) is 9.25. The molecule has 0 radical (unpaired) electrons. The molecule has 0 fully saturated rings. The summed E-state index contributed by atoms with van der Waals surface area (Å²) < 4.78 is 6.36. The summed E-state index contributed by atoms with van der Waals surface area (Å²) in [4.78, 5) is 7.12. The SMILES string of the molecule is CC(C)(C)N(c1ccc(-c2ccc3ccccc3c2)cc1)c1cccc2nc(-c3ccccc3)oc12. The van der Waals surface area contributed by atoms with Crippen molar-refractivity contribution in [2.45, 2.75) is 26.3 Å². The number of benzene rings is 5. The summed E-state index contributed by atoms with van der Waals surface area (Å²) in [6.07, 6.45) is 0. The molecule has 6 aromatic rings. The van der Waals surface area contributed by atoms with Gasteiger partial charge in [0.25, 0.3) is 0 Å². The number of para-hydroxylation sites is 1. The predicted molar refractivity (Wildman–Crippen MR) is 151 cm³/mol. The number of fused-ring (bicyclic) bond motifs is 2. The number of aromatic nitrogens is 1. The van der Waals surface area contributed by atoms with Crippen LogP contribution in [0.2, 0.25) is 0 Å². The van der Waals surface area contributed by atoms with Crippen LogP contribution >= 0.6 is 0 Å². The van der Waals surface area contributed by atoms with Crippen molar-refractivity contribution in [3.8, 4) is 22.6 Å². The zero-order chi connectivity index (χ0) is 24.7. The molecular formula is C33H28N2O. The molecule has 0 amide bonds. The van der Waals surface area contributed by atoms with E-state index in [4.69, 9.17) is 9.40 Å². The van der Waals surface area contributed by atoms with Crippen LogP contribution in [0.5, 0.6) is 0 Å². The third-order valence-corrected chi connectivity index (χ3v) is 6.53. The topological polar surface area (TPSA) is 29.3 Å². The molecular weight excluding hydrogens is 440 g/mol. The van der Waals surface area contributed by atoms with Crippen LogP contribution in [0.4, 0.5) is 11.4 Å². The maximum absolute atomic E-state index is 6.36. The molecule has 0 unspecified atom stereocenters. The number of anilines is 2. The van der Waals surface area contributed by atoms with Crippen molar-refractivity contribution in [1.82, 2.24) is 4.98 Å². The van der Waals surface area contributed by atoms with Crippen molar-refractivity contribution in [3.05, 3.63) is 115 Å². The highest BCUT2D eigenvalue weighted by atomic mass is 16.3. The fourth-order valence-electron chi connectivity index (χ4n) is 4.87. The van der Waals surface area contributed by atoms with E-state index in [1.165, 1.54) is 21.9 Å². The van der Waals surface area contributed by atoms with Crippen molar-refractivity contribution < 1.29 is 4.42 Å². The number of hydrogen-bond donors (Lipinski definition) is 0. The van der Waals surface area contributed by atoms with Gasteiger partial charge in [-0.3, -0.25) is 0 Å². The minimum absolute atomic E-state index is 0.182. The molecule has 3 heteroatoms. The van der Waals surface area contributed by atoms with Gasteiger partial charge in [-0.2, -0.15) is 0 Å². The normalized spacial score (nSPS) is 11.8. The molecule has 0 N–H and O–H groups in total. The van der Waals surface area contributed by atoms with Gasteiger partial charge < -0.3 is 9.32 Å². The smallest absolute Gasteiger partial charge is 0.227 e. The van der Waals surface area contributed by atoms with E-state index in [0.29, 0.717) is 5.89 Å². The molecule has 3 nitrogen and oxygen atoms in total. The first-order valence-electron chi connectivity index (χ1n) is 12.3. The summed E-state index contributed by atoms with van der Waals surface area (Å²) in [5.74, 6) is 0.638. The Morgan fingerprint density at radius 3 is 2.06 bits per heavy atom. The van der Waals surface area contributed by atoms with E-state index in [0.717, 1.165) is 28.0 Å². The minimum Gasteiger partial charge on any atom is -0.434 e. The first kappa shape index (κ1) is 22.1. The van der Waals surface area contributed by atoms with Gasteiger partial charge in [0.15, 0.2) is 5.58 Å². The molecule has 1 aromatic heterocycles. The van der Waals surface area contributed by atoms with Gasteiger partial charge in [0, 0.05) is 16.8 Å². The van der Waals surface area contributed by atoms with E-state index in [2.05, 4.69) is 105 Å². The summed E-state index contributed by atoms with van der Waals surface area (Å²) in [5.41, 5.74) is 6.97. The van der Waals surface area contributed by atoms with E-state index in [9.17, 15) is 0 Å². The zero-order valence-corrected chi connectivity index (χ0v) is 20.8. The summed E-state index contributed by atoms with van der Waals surface area (Å²) in [5, 5.41) is 2.51. The Kier molecular flexibility index (Phi) is 5.34. The molecule has 176 valence electrons. The molecule has 36 heavy (non-hydrogen) atoms. The summed E-state index contributed by atoms with van der Waals surface area (Å²) >= 11 is 0. The second-order valence-corrected chi connectivity index (χ2v) is 10.1. The largest absolute Gasteiger partial charge is 0.434 e. The standard InChI is InChI=1S/C33H28N2O/c1-33(2,3)35(30-15-9-14-29-31(30)36-32(34-29)25-11-5-4-6-12-25)28-20-18-24(19-21-28)27-17-16-23-10-7-8-13-26(23)22-27/h4-22H,1-3H3. The molecule has 0 bridgehead atoms. The van der Waals surface area contributed by atoms with Crippen LogP contribution in [-0.4, -0.2) is 10.5 Å². The van der Waals surface area contributed by atoms with Crippen LogP contribution in [0.15, 0.2) is 120 Å². The van der Waals surface area contributed by atoms with Gasteiger partial charge in [0.05, 0.1) is 5.69 Å². The molecule has 0 aliphatic rings. The van der Waals surface area contributed by atoms with Crippen molar-refractivity contribution in [1.29, 1.82) is 0 Å². The van der Waals surface area contributed by atoms with E-state index in [1.54, 1.807) is 0 Å². The Bertz CT molecular complexity index is 1660. The van der Waals surface area contributed by atoms with Gasteiger partial charge in [-0.05, 0) is 85.1 Å². The lowest BCUT2D eigenvalue weighted by Gasteiger charge is -2.37. The summed E-state index contributed by atoms with van der Waals surface area (Å²) in [6, 6.07) is 40.2. The summed E-state index contributed by atoms with van der Waals surface area (Å²) in [7, 11) is 0. The van der Waals surface area contributed by atoms with Gasteiger partial charge in [-0.15, -0.1) is 0 Å². The number of rotatable bonds is 4. The second-order valence-electron chi connectivity index (χ2n) is 10.1. The maximum atomic E-state index is 6.36. The molecule has 1 heterocycles. The highest BCUT2D eigenvalue weighted by Crippen LogP contribution is 2.40. The quantitative estimate of drug-likeness (QED) is 0.258. The molecule has 0 aliphatic carbocycles. The molecule has 0 aliphatic heterocycles.